The zero-order valence-electron chi connectivity index (χ0n) is 16.5. The van der Waals surface area contributed by atoms with Crippen molar-refractivity contribution in [3.05, 3.63) is 66.5 Å². The van der Waals surface area contributed by atoms with Gasteiger partial charge in [0.25, 0.3) is 5.91 Å². The van der Waals surface area contributed by atoms with Gasteiger partial charge in [0, 0.05) is 30.3 Å². The van der Waals surface area contributed by atoms with Crippen molar-refractivity contribution in [3.63, 3.8) is 0 Å². The van der Waals surface area contributed by atoms with E-state index in [2.05, 4.69) is 20.2 Å². The van der Waals surface area contributed by atoms with E-state index in [1.807, 2.05) is 55.5 Å². The van der Waals surface area contributed by atoms with Gasteiger partial charge in [-0.2, -0.15) is 0 Å². The van der Waals surface area contributed by atoms with Gasteiger partial charge in [-0.05, 0) is 44.0 Å². The summed E-state index contributed by atoms with van der Waals surface area (Å²) in [6, 6.07) is 16.9. The predicted octanol–water partition coefficient (Wildman–Crippen LogP) is 4.39. The quantitative estimate of drug-likeness (QED) is 0.678. The van der Waals surface area contributed by atoms with Crippen LogP contribution in [0.5, 0.6) is 5.75 Å². The van der Waals surface area contributed by atoms with Crippen molar-refractivity contribution in [3.8, 4) is 17.0 Å². The normalized spacial score (nSPS) is 13.3. The maximum absolute atomic E-state index is 12.8. The van der Waals surface area contributed by atoms with E-state index in [1.54, 1.807) is 12.4 Å². The summed E-state index contributed by atoms with van der Waals surface area (Å²) in [6.45, 7) is 4.51. The SMILES string of the molecule is CCOc1ccccc1NC(=O)c1cccc(-c2cc(N3CCCC3)ncn2)c1. The van der Waals surface area contributed by atoms with Crippen LogP contribution in [0.4, 0.5) is 11.5 Å². The third-order valence-corrected chi connectivity index (χ3v) is 4.94. The third kappa shape index (κ3) is 4.37. The highest BCUT2D eigenvalue weighted by Gasteiger charge is 2.15. The highest BCUT2D eigenvalue weighted by molar-refractivity contribution is 6.05. The van der Waals surface area contributed by atoms with Crippen LogP contribution in [0.2, 0.25) is 0 Å². The predicted molar refractivity (Wildman–Crippen MR) is 114 cm³/mol. The minimum Gasteiger partial charge on any atom is -0.492 e. The molecule has 1 saturated heterocycles. The summed E-state index contributed by atoms with van der Waals surface area (Å²) in [6.07, 6.45) is 3.98. The van der Waals surface area contributed by atoms with Crippen LogP contribution in [0.3, 0.4) is 0 Å². The van der Waals surface area contributed by atoms with Crippen molar-refractivity contribution in [1.29, 1.82) is 0 Å². The zero-order valence-corrected chi connectivity index (χ0v) is 16.5. The second-order valence-electron chi connectivity index (χ2n) is 6.92. The molecule has 3 aromatic rings. The summed E-state index contributed by atoms with van der Waals surface area (Å²) in [7, 11) is 0. The van der Waals surface area contributed by atoms with E-state index in [4.69, 9.17) is 4.74 Å². The van der Waals surface area contributed by atoms with E-state index >= 15 is 0 Å². The number of nitrogens with one attached hydrogen (secondary N) is 1. The van der Waals surface area contributed by atoms with Crippen molar-refractivity contribution < 1.29 is 9.53 Å². The van der Waals surface area contributed by atoms with Crippen LogP contribution in [0, 0.1) is 0 Å². The zero-order chi connectivity index (χ0) is 20.1. The standard InChI is InChI=1S/C23H24N4O2/c1-2-29-21-11-4-3-10-19(21)26-23(28)18-9-7-8-17(14-18)20-15-22(25-16-24-20)27-12-5-6-13-27/h3-4,7-11,14-16H,2,5-6,12-13H2,1H3,(H,26,28). The number of benzene rings is 2. The maximum Gasteiger partial charge on any atom is 0.255 e. The molecule has 4 rings (SSSR count). The Morgan fingerprint density at radius 3 is 2.72 bits per heavy atom. The topological polar surface area (TPSA) is 67.3 Å². The number of aromatic nitrogens is 2. The van der Waals surface area contributed by atoms with E-state index in [-0.39, 0.29) is 5.91 Å². The van der Waals surface area contributed by atoms with Crippen molar-refractivity contribution in [2.75, 3.05) is 29.9 Å². The second kappa shape index (κ2) is 8.73. The van der Waals surface area contributed by atoms with Gasteiger partial charge in [-0.1, -0.05) is 24.3 Å². The van der Waals surface area contributed by atoms with Gasteiger partial charge < -0.3 is 15.0 Å². The van der Waals surface area contributed by atoms with Crippen LogP contribution in [-0.2, 0) is 0 Å². The van der Waals surface area contributed by atoms with Crippen molar-refractivity contribution >= 4 is 17.4 Å². The van der Waals surface area contributed by atoms with E-state index in [0.717, 1.165) is 30.2 Å². The number of rotatable bonds is 6. The molecular formula is C23H24N4O2. The Bertz CT molecular complexity index is 999. The number of carbonyl (C=O) groups excluding carboxylic acids is 1. The lowest BCUT2D eigenvalue weighted by atomic mass is 10.1. The lowest BCUT2D eigenvalue weighted by molar-refractivity contribution is 0.102. The lowest BCUT2D eigenvalue weighted by Gasteiger charge is -2.16. The molecule has 1 aliphatic rings. The minimum atomic E-state index is -0.187. The molecule has 0 spiro atoms. The van der Waals surface area contributed by atoms with Crippen LogP contribution in [0.25, 0.3) is 11.3 Å². The molecule has 0 radical (unpaired) electrons. The largest absolute Gasteiger partial charge is 0.492 e. The second-order valence-corrected chi connectivity index (χ2v) is 6.92. The lowest BCUT2D eigenvalue weighted by Crippen LogP contribution is -2.19. The minimum absolute atomic E-state index is 0.187. The molecule has 1 amide bonds. The summed E-state index contributed by atoms with van der Waals surface area (Å²) >= 11 is 0. The average Bonchev–Trinajstić information content (AvgIpc) is 3.31. The first-order chi connectivity index (χ1) is 14.2. The highest BCUT2D eigenvalue weighted by atomic mass is 16.5. The average molecular weight is 388 g/mol. The van der Waals surface area contributed by atoms with Crippen molar-refractivity contribution in [2.24, 2.45) is 0 Å². The Morgan fingerprint density at radius 1 is 1.07 bits per heavy atom. The van der Waals surface area contributed by atoms with Gasteiger partial charge in [-0.3, -0.25) is 4.79 Å². The Morgan fingerprint density at radius 2 is 1.90 bits per heavy atom. The number of ether oxygens (including phenoxy) is 1. The van der Waals surface area contributed by atoms with Gasteiger partial charge in [-0.15, -0.1) is 0 Å². The van der Waals surface area contributed by atoms with Crippen molar-refractivity contribution in [2.45, 2.75) is 19.8 Å². The monoisotopic (exact) mass is 388 g/mol. The third-order valence-electron chi connectivity index (χ3n) is 4.94. The molecule has 1 fully saturated rings. The van der Waals surface area contributed by atoms with Gasteiger partial charge in [0.15, 0.2) is 0 Å². The Kier molecular flexibility index (Phi) is 5.70. The summed E-state index contributed by atoms with van der Waals surface area (Å²) in [4.78, 5) is 23.9. The molecule has 29 heavy (non-hydrogen) atoms. The van der Waals surface area contributed by atoms with Gasteiger partial charge in [0.2, 0.25) is 0 Å². The smallest absolute Gasteiger partial charge is 0.255 e. The van der Waals surface area contributed by atoms with Gasteiger partial charge >= 0.3 is 0 Å². The molecule has 0 unspecified atom stereocenters. The van der Waals surface area contributed by atoms with Crippen LogP contribution in [0.1, 0.15) is 30.1 Å². The van der Waals surface area contributed by atoms with E-state index in [9.17, 15) is 4.79 Å². The molecule has 0 aliphatic carbocycles. The highest BCUT2D eigenvalue weighted by Crippen LogP contribution is 2.26. The van der Waals surface area contributed by atoms with Gasteiger partial charge in [-0.25, -0.2) is 9.97 Å². The molecular weight excluding hydrogens is 364 g/mol. The number of carbonyl (C=O) groups is 1. The van der Waals surface area contributed by atoms with Crippen molar-refractivity contribution in [1.82, 2.24) is 9.97 Å². The Balaban J connectivity index is 1.56. The number of hydrogen-bond acceptors (Lipinski definition) is 5. The number of nitrogens with zero attached hydrogens (tertiary/aromatic N) is 3. The summed E-state index contributed by atoms with van der Waals surface area (Å²) < 4.78 is 5.59. The van der Waals surface area contributed by atoms with E-state index < -0.39 is 0 Å². The first kappa shape index (κ1) is 18.9. The number of anilines is 2. The molecule has 0 bridgehead atoms. The molecule has 2 aromatic carbocycles. The molecule has 1 N–H and O–H groups in total. The first-order valence-corrected chi connectivity index (χ1v) is 9.95. The number of para-hydroxylation sites is 2. The van der Waals surface area contributed by atoms with E-state index in [0.29, 0.717) is 23.6 Å². The van der Waals surface area contributed by atoms with Gasteiger partial charge in [0.05, 0.1) is 18.0 Å². The first-order valence-electron chi connectivity index (χ1n) is 9.95. The van der Waals surface area contributed by atoms with E-state index in [1.165, 1.54) is 12.8 Å². The summed E-state index contributed by atoms with van der Waals surface area (Å²) in [5, 5.41) is 2.94. The summed E-state index contributed by atoms with van der Waals surface area (Å²) in [5.41, 5.74) is 2.92. The van der Waals surface area contributed by atoms with Gasteiger partial charge in [0.1, 0.15) is 17.9 Å². The molecule has 6 nitrogen and oxygen atoms in total. The molecule has 0 atom stereocenters. The molecule has 1 aliphatic heterocycles. The van der Waals surface area contributed by atoms with Crippen LogP contribution in [-0.4, -0.2) is 35.6 Å². The fourth-order valence-corrected chi connectivity index (χ4v) is 3.49. The molecule has 1 aromatic heterocycles. The molecule has 2 heterocycles. The Hall–Kier alpha value is -3.41. The maximum atomic E-state index is 12.8. The summed E-state index contributed by atoms with van der Waals surface area (Å²) in [5.74, 6) is 1.41. The number of hydrogen-bond donors (Lipinski definition) is 1. The Labute approximate surface area is 170 Å². The fourth-order valence-electron chi connectivity index (χ4n) is 3.49. The van der Waals surface area contributed by atoms with Crippen LogP contribution in [0.15, 0.2) is 60.9 Å². The molecule has 0 saturated carbocycles. The molecule has 148 valence electrons. The van der Waals surface area contributed by atoms with Crippen LogP contribution >= 0.6 is 0 Å². The molecule has 6 heteroatoms. The van der Waals surface area contributed by atoms with Crippen LogP contribution < -0.4 is 15.0 Å². The number of amides is 1. The fraction of sp³-hybridized carbons (Fsp3) is 0.261.